The summed E-state index contributed by atoms with van der Waals surface area (Å²) < 4.78 is 7.79. The summed E-state index contributed by atoms with van der Waals surface area (Å²) in [6.45, 7) is 4.64. The summed E-state index contributed by atoms with van der Waals surface area (Å²) in [5, 5.41) is 4.61. The van der Waals surface area contributed by atoms with E-state index < -0.39 is 5.60 Å². The Morgan fingerprint density at radius 2 is 2.29 bits per heavy atom. The van der Waals surface area contributed by atoms with Crippen molar-refractivity contribution in [2.45, 2.75) is 63.6 Å². The molecule has 1 amide bonds. The largest absolute Gasteiger partial charge is 0.365 e. The van der Waals surface area contributed by atoms with Crippen molar-refractivity contribution in [1.29, 1.82) is 0 Å². The molecule has 2 fully saturated rings. The van der Waals surface area contributed by atoms with Crippen LogP contribution in [-0.2, 0) is 16.0 Å². The van der Waals surface area contributed by atoms with E-state index >= 15 is 0 Å². The van der Waals surface area contributed by atoms with Crippen molar-refractivity contribution < 1.29 is 9.53 Å². The molecule has 3 aliphatic rings. The first-order chi connectivity index (χ1) is 11.6. The Bertz CT molecular complexity index is 837. The van der Waals surface area contributed by atoms with E-state index in [0.717, 1.165) is 49.0 Å². The second-order valence-corrected chi connectivity index (χ2v) is 7.56. The fourth-order valence-electron chi connectivity index (χ4n) is 4.73. The van der Waals surface area contributed by atoms with Crippen LogP contribution in [0.3, 0.4) is 0 Å². The summed E-state index contributed by atoms with van der Waals surface area (Å²) in [5.41, 5.74) is 3.62. The number of nitrogens with zero attached hydrogens (tertiary/aromatic N) is 4. The van der Waals surface area contributed by atoms with Gasteiger partial charge in [-0.1, -0.05) is 0 Å². The van der Waals surface area contributed by atoms with E-state index in [1.807, 2.05) is 30.6 Å². The molecule has 6 nitrogen and oxygen atoms in total. The molecule has 5 rings (SSSR count). The fourth-order valence-corrected chi connectivity index (χ4v) is 4.73. The number of carbonyl (C=O) groups is 1. The molecule has 2 bridgehead atoms. The summed E-state index contributed by atoms with van der Waals surface area (Å²) in [5.74, 6) is 0.162. The molecule has 3 atom stereocenters. The van der Waals surface area contributed by atoms with E-state index in [-0.39, 0.29) is 18.0 Å². The molecule has 24 heavy (non-hydrogen) atoms. The predicted octanol–water partition coefficient (Wildman–Crippen LogP) is 2.20. The molecule has 126 valence electrons. The number of hydrogen-bond acceptors (Lipinski definition) is 4. The van der Waals surface area contributed by atoms with Gasteiger partial charge in [-0.05, 0) is 39.5 Å². The van der Waals surface area contributed by atoms with Crippen molar-refractivity contribution in [1.82, 2.24) is 19.5 Å². The van der Waals surface area contributed by atoms with Crippen LogP contribution in [-0.4, -0.2) is 43.7 Å². The van der Waals surface area contributed by atoms with E-state index in [1.54, 1.807) is 0 Å². The summed E-state index contributed by atoms with van der Waals surface area (Å²) in [6.07, 6.45) is 6.65. The molecule has 0 radical (unpaired) electrons. The quantitative estimate of drug-likeness (QED) is 0.806. The average molecular weight is 326 g/mol. The third kappa shape index (κ3) is 1.83. The highest BCUT2D eigenvalue weighted by Crippen LogP contribution is 2.45. The first-order valence-electron chi connectivity index (χ1n) is 8.88. The van der Waals surface area contributed by atoms with Crippen molar-refractivity contribution >= 4 is 11.6 Å². The van der Waals surface area contributed by atoms with Crippen LogP contribution in [0.25, 0.3) is 5.65 Å². The number of aromatic nitrogens is 3. The van der Waals surface area contributed by atoms with Gasteiger partial charge in [0.25, 0.3) is 5.91 Å². The molecular formula is C18H22N4O2. The lowest BCUT2D eigenvalue weighted by Gasteiger charge is -2.40. The topological polar surface area (TPSA) is 59.7 Å². The highest BCUT2D eigenvalue weighted by atomic mass is 16.5. The molecular weight excluding hydrogens is 304 g/mol. The summed E-state index contributed by atoms with van der Waals surface area (Å²) >= 11 is 0. The average Bonchev–Trinajstić information content (AvgIpc) is 3.24. The molecule has 0 aromatic carbocycles. The molecule has 3 aliphatic heterocycles. The molecule has 0 N–H and O–H groups in total. The van der Waals surface area contributed by atoms with Gasteiger partial charge in [0.1, 0.15) is 5.60 Å². The first-order valence-corrected chi connectivity index (χ1v) is 8.88. The van der Waals surface area contributed by atoms with Crippen molar-refractivity contribution in [3.8, 4) is 0 Å². The number of amides is 1. The molecule has 6 heteroatoms. The maximum Gasteiger partial charge on any atom is 0.255 e. The van der Waals surface area contributed by atoms with Crippen molar-refractivity contribution in [2.75, 3.05) is 6.61 Å². The minimum Gasteiger partial charge on any atom is -0.365 e. The lowest BCUT2D eigenvalue weighted by molar-refractivity contribution is -0.154. The lowest BCUT2D eigenvalue weighted by atomic mass is 9.94. The van der Waals surface area contributed by atoms with Crippen LogP contribution in [0.2, 0.25) is 0 Å². The van der Waals surface area contributed by atoms with E-state index in [0.29, 0.717) is 6.61 Å². The van der Waals surface area contributed by atoms with Gasteiger partial charge < -0.3 is 9.64 Å². The predicted molar refractivity (Wildman–Crippen MR) is 87.6 cm³/mol. The minimum atomic E-state index is -0.641. The van der Waals surface area contributed by atoms with Crippen molar-refractivity contribution in [3.05, 3.63) is 29.2 Å². The van der Waals surface area contributed by atoms with Crippen LogP contribution in [0.15, 0.2) is 12.3 Å². The zero-order chi connectivity index (χ0) is 16.5. The molecule has 0 spiro atoms. The first kappa shape index (κ1) is 14.4. The normalized spacial score (nSPS) is 31.7. The van der Waals surface area contributed by atoms with Crippen LogP contribution in [0.4, 0.5) is 0 Å². The Labute approximate surface area is 140 Å². The SMILES string of the molecule is Cc1cc2ncc3c(n2n1)C[C@H]1CC[C@H]3N1C(=O)[C@@]1(C)CCCO1. The maximum absolute atomic E-state index is 13.2. The van der Waals surface area contributed by atoms with Crippen molar-refractivity contribution in [3.63, 3.8) is 0 Å². The molecule has 2 aromatic rings. The fraction of sp³-hybridized carbons (Fsp3) is 0.611. The van der Waals surface area contributed by atoms with Gasteiger partial charge >= 0.3 is 0 Å². The highest BCUT2D eigenvalue weighted by Gasteiger charge is 2.50. The zero-order valence-corrected chi connectivity index (χ0v) is 14.2. The smallest absolute Gasteiger partial charge is 0.255 e. The monoisotopic (exact) mass is 326 g/mol. The van der Waals surface area contributed by atoms with Gasteiger partial charge in [0.15, 0.2) is 5.65 Å². The Morgan fingerprint density at radius 1 is 1.42 bits per heavy atom. The molecule has 0 unspecified atom stereocenters. The van der Waals surface area contributed by atoms with Gasteiger partial charge in [0.2, 0.25) is 0 Å². The van der Waals surface area contributed by atoms with Gasteiger partial charge in [-0.2, -0.15) is 5.10 Å². The second-order valence-electron chi connectivity index (χ2n) is 7.56. The Morgan fingerprint density at radius 3 is 3.08 bits per heavy atom. The van der Waals surface area contributed by atoms with Gasteiger partial charge in [-0.3, -0.25) is 4.79 Å². The molecule has 2 saturated heterocycles. The number of carbonyl (C=O) groups excluding carboxylic acids is 1. The minimum absolute atomic E-state index is 0.119. The van der Waals surface area contributed by atoms with E-state index in [2.05, 4.69) is 15.0 Å². The third-order valence-electron chi connectivity index (χ3n) is 5.93. The summed E-state index contributed by atoms with van der Waals surface area (Å²) in [6, 6.07) is 2.38. The summed E-state index contributed by atoms with van der Waals surface area (Å²) in [7, 11) is 0. The second kappa shape index (κ2) is 4.79. The molecule has 0 saturated carbocycles. The number of fused-ring (bicyclic) bond motifs is 6. The number of rotatable bonds is 1. The van der Waals surface area contributed by atoms with E-state index in [1.165, 1.54) is 5.69 Å². The molecule has 0 aliphatic carbocycles. The Kier molecular flexibility index (Phi) is 2.87. The van der Waals surface area contributed by atoms with Crippen LogP contribution < -0.4 is 0 Å². The number of ether oxygens (including phenoxy) is 1. The standard InChI is InChI=1S/C18H22N4O2/c1-11-8-16-19-10-13-14-5-4-12(9-15(13)22(16)20-11)21(14)17(23)18(2)6-3-7-24-18/h8,10,12,14H,3-7,9H2,1-2H3/t12-,14-,18-/m1/s1. The van der Waals surface area contributed by atoms with Gasteiger partial charge in [0, 0.05) is 36.9 Å². The van der Waals surface area contributed by atoms with Crippen LogP contribution in [0, 0.1) is 6.92 Å². The van der Waals surface area contributed by atoms with Crippen LogP contribution >= 0.6 is 0 Å². The summed E-state index contributed by atoms with van der Waals surface area (Å²) in [4.78, 5) is 19.9. The van der Waals surface area contributed by atoms with Crippen LogP contribution in [0.5, 0.6) is 0 Å². The van der Waals surface area contributed by atoms with Gasteiger partial charge in [-0.25, -0.2) is 9.50 Å². The lowest BCUT2D eigenvalue weighted by Crippen LogP contribution is -2.52. The van der Waals surface area contributed by atoms with Gasteiger partial charge in [0.05, 0.1) is 17.4 Å². The van der Waals surface area contributed by atoms with Gasteiger partial charge in [-0.15, -0.1) is 0 Å². The van der Waals surface area contributed by atoms with E-state index in [4.69, 9.17) is 4.74 Å². The van der Waals surface area contributed by atoms with E-state index in [9.17, 15) is 4.79 Å². The Balaban J connectivity index is 1.58. The molecule has 5 heterocycles. The van der Waals surface area contributed by atoms with Crippen LogP contribution in [0.1, 0.15) is 55.6 Å². The maximum atomic E-state index is 13.2. The number of hydrogen-bond donors (Lipinski definition) is 0. The third-order valence-corrected chi connectivity index (χ3v) is 5.93. The number of aryl methyl sites for hydroxylation is 1. The molecule has 2 aromatic heterocycles. The zero-order valence-electron chi connectivity index (χ0n) is 14.2. The highest BCUT2D eigenvalue weighted by molar-refractivity contribution is 5.86. The van der Waals surface area contributed by atoms with Crippen molar-refractivity contribution in [2.24, 2.45) is 0 Å². The Hall–Kier alpha value is -1.95.